The van der Waals surface area contributed by atoms with E-state index in [0.29, 0.717) is 23.9 Å². The first-order valence-corrected chi connectivity index (χ1v) is 7.58. The molecule has 0 saturated carbocycles. The van der Waals surface area contributed by atoms with Crippen molar-refractivity contribution in [3.8, 4) is 0 Å². The number of furan rings is 1. The topological polar surface area (TPSA) is 62.7 Å². The highest BCUT2D eigenvalue weighted by Crippen LogP contribution is 2.23. The lowest BCUT2D eigenvalue weighted by molar-refractivity contribution is 0.0708. The minimum Gasteiger partial charge on any atom is -0.467 e. The van der Waals surface area contributed by atoms with Gasteiger partial charge in [-0.05, 0) is 44.8 Å². The first-order chi connectivity index (χ1) is 9.78. The zero-order valence-corrected chi connectivity index (χ0v) is 11.9. The van der Waals surface area contributed by atoms with Gasteiger partial charge >= 0.3 is 0 Å². The van der Waals surface area contributed by atoms with Crippen LogP contribution in [0, 0.1) is 0 Å². The van der Waals surface area contributed by atoms with E-state index in [1.807, 2.05) is 4.90 Å². The Balaban J connectivity index is 1.66. The molecule has 3 rings (SSSR count). The van der Waals surface area contributed by atoms with E-state index in [1.165, 1.54) is 32.2 Å². The molecule has 1 aromatic rings. The second-order valence-corrected chi connectivity index (χ2v) is 5.81. The van der Waals surface area contributed by atoms with Gasteiger partial charge in [-0.2, -0.15) is 0 Å². The quantitative estimate of drug-likeness (QED) is 0.904. The fraction of sp³-hybridized carbons (Fsp3) is 0.667. The van der Waals surface area contributed by atoms with Gasteiger partial charge in [-0.25, -0.2) is 0 Å². The maximum Gasteiger partial charge on any atom is 0.257 e. The van der Waals surface area contributed by atoms with Gasteiger partial charge in [0.2, 0.25) is 0 Å². The van der Waals surface area contributed by atoms with Crippen molar-refractivity contribution in [3.05, 3.63) is 23.7 Å². The lowest BCUT2D eigenvalue weighted by Crippen LogP contribution is -2.42. The minimum absolute atomic E-state index is 0.0927. The van der Waals surface area contributed by atoms with E-state index in [0.717, 1.165) is 25.9 Å². The Labute approximate surface area is 119 Å². The van der Waals surface area contributed by atoms with Gasteiger partial charge in [-0.3, -0.25) is 4.79 Å². The molecule has 2 aliphatic rings. The Morgan fingerprint density at radius 2 is 2.10 bits per heavy atom. The fourth-order valence-corrected chi connectivity index (χ4v) is 3.32. The molecule has 1 unspecified atom stereocenters. The number of carbonyl (C=O) groups excluding carboxylic acids is 1. The molecule has 5 heteroatoms. The number of nitrogens with two attached hydrogens (primary N) is 1. The lowest BCUT2D eigenvalue weighted by atomic mass is 10.2. The van der Waals surface area contributed by atoms with Crippen LogP contribution in [0.2, 0.25) is 0 Å². The summed E-state index contributed by atoms with van der Waals surface area (Å²) in [5.41, 5.74) is 6.17. The number of hydrogen-bond acceptors (Lipinski definition) is 4. The normalized spacial score (nSPS) is 23.6. The summed E-state index contributed by atoms with van der Waals surface area (Å²) in [5.74, 6) is 0.763. The summed E-state index contributed by atoms with van der Waals surface area (Å²) in [4.78, 5) is 17.1. The predicted octanol–water partition coefficient (Wildman–Crippen LogP) is 1.44. The van der Waals surface area contributed by atoms with Crippen molar-refractivity contribution < 1.29 is 9.21 Å². The zero-order chi connectivity index (χ0) is 13.9. The van der Waals surface area contributed by atoms with Crippen LogP contribution in [0.25, 0.3) is 0 Å². The average Bonchev–Trinajstić information content (AvgIpc) is 3.20. The summed E-state index contributed by atoms with van der Waals surface area (Å²) >= 11 is 0. The third-order valence-corrected chi connectivity index (χ3v) is 4.41. The van der Waals surface area contributed by atoms with E-state index in [1.54, 1.807) is 6.07 Å². The fourth-order valence-electron chi connectivity index (χ4n) is 3.32. The molecule has 0 bridgehead atoms. The Hall–Kier alpha value is -1.33. The second kappa shape index (κ2) is 5.97. The number of hydrogen-bond donors (Lipinski definition) is 1. The minimum atomic E-state index is 0.0927. The smallest absolute Gasteiger partial charge is 0.257 e. The van der Waals surface area contributed by atoms with Crippen molar-refractivity contribution in [1.82, 2.24) is 9.80 Å². The van der Waals surface area contributed by atoms with Crippen molar-refractivity contribution in [1.29, 1.82) is 0 Å². The van der Waals surface area contributed by atoms with Gasteiger partial charge in [-0.1, -0.05) is 0 Å². The maximum atomic E-state index is 12.6. The SMILES string of the molecule is NCc1cc(C(=O)N2CCCC2CN2CCCC2)co1. The van der Waals surface area contributed by atoms with E-state index in [-0.39, 0.29) is 5.91 Å². The zero-order valence-electron chi connectivity index (χ0n) is 11.9. The van der Waals surface area contributed by atoms with Crippen LogP contribution in [-0.4, -0.2) is 47.9 Å². The third-order valence-electron chi connectivity index (χ3n) is 4.41. The van der Waals surface area contributed by atoms with Crippen molar-refractivity contribution in [2.45, 2.75) is 38.3 Å². The van der Waals surface area contributed by atoms with Gasteiger partial charge in [0.05, 0.1) is 12.1 Å². The molecular weight excluding hydrogens is 254 g/mol. The van der Waals surface area contributed by atoms with Crippen LogP contribution in [0.5, 0.6) is 0 Å². The molecule has 2 fully saturated rings. The van der Waals surface area contributed by atoms with Crippen LogP contribution in [0.15, 0.2) is 16.7 Å². The summed E-state index contributed by atoms with van der Waals surface area (Å²) < 4.78 is 5.28. The summed E-state index contributed by atoms with van der Waals surface area (Å²) in [6, 6.07) is 2.13. The Kier molecular flexibility index (Phi) is 4.08. The molecule has 110 valence electrons. The highest BCUT2D eigenvalue weighted by atomic mass is 16.3. The highest BCUT2D eigenvalue weighted by molar-refractivity contribution is 5.94. The number of rotatable bonds is 4. The van der Waals surface area contributed by atoms with Gasteiger partial charge in [0.25, 0.3) is 5.91 Å². The first kappa shape index (κ1) is 13.6. The Morgan fingerprint density at radius 1 is 1.30 bits per heavy atom. The van der Waals surface area contributed by atoms with Crippen molar-refractivity contribution in [2.75, 3.05) is 26.2 Å². The van der Waals surface area contributed by atoms with E-state index < -0.39 is 0 Å². The Bertz CT molecular complexity index is 465. The standard InChI is InChI=1S/C15H23N3O2/c16-9-14-8-12(11-20-14)15(19)18-7-3-4-13(18)10-17-5-1-2-6-17/h8,11,13H,1-7,9-10,16H2. The van der Waals surface area contributed by atoms with Gasteiger partial charge in [0, 0.05) is 19.1 Å². The van der Waals surface area contributed by atoms with Crippen LogP contribution >= 0.6 is 0 Å². The molecule has 1 atom stereocenters. The van der Waals surface area contributed by atoms with Crippen molar-refractivity contribution in [2.24, 2.45) is 5.73 Å². The number of amides is 1. The lowest BCUT2D eigenvalue weighted by Gasteiger charge is -2.28. The molecule has 5 nitrogen and oxygen atoms in total. The average molecular weight is 277 g/mol. The summed E-state index contributed by atoms with van der Waals surface area (Å²) in [6.45, 7) is 4.58. The predicted molar refractivity (Wildman–Crippen MR) is 76.3 cm³/mol. The molecule has 1 aromatic heterocycles. The number of carbonyl (C=O) groups is 1. The van der Waals surface area contributed by atoms with E-state index in [2.05, 4.69) is 4.90 Å². The molecule has 3 heterocycles. The summed E-state index contributed by atoms with van der Waals surface area (Å²) in [6.07, 6.45) is 6.34. The molecule has 20 heavy (non-hydrogen) atoms. The second-order valence-electron chi connectivity index (χ2n) is 5.81. The number of nitrogens with zero attached hydrogens (tertiary/aromatic N) is 2. The number of likely N-dealkylation sites (tertiary alicyclic amines) is 2. The van der Waals surface area contributed by atoms with Crippen LogP contribution < -0.4 is 5.73 Å². The molecule has 0 radical (unpaired) electrons. The summed E-state index contributed by atoms with van der Waals surface area (Å²) in [7, 11) is 0. The molecule has 0 aliphatic carbocycles. The molecule has 1 amide bonds. The third kappa shape index (κ3) is 2.74. The van der Waals surface area contributed by atoms with Crippen molar-refractivity contribution in [3.63, 3.8) is 0 Å². The van der Waals surface area contributed by atoms with Gasteiger partial charge in [0.15, 0.2) is 0 Å². The summed E-state index contributed by atoms with van der Waals surface area (Å²) in [5, 5.41) is 0. The van der Waals surface area contributed by atoms with E-state index in [4.69, 9.17) is 10.2 Å². The van der Waals surface area contributed by atoms with Crippen LogP contribution in [0.4, 0.5) is 0 Å². The monoisotopic (exact) mass is 277 g/mol. The van der Waals surface area contributed by atoms with Gasteiger partial charge < -0.3 is 20.0 Å². The molecule has 0 spiro atoms. The molecule has 2 N–H and O–H groups in total. The van der Waals surface area contributed by atoms with Gasteiger partial charge in [-0.15, -0.1) is 0 Å². The molecule has 2 aliphatic heterocycles. The first-order valence-electron chi connectivity index (χ1n) is 7.58. The Morgan fingerprint density at radius 3 is 2.80 bits per heavy atom. The largest absolute Gasteiger partial charge is 0.467 e. The van der Waals surface area contributed by atoms with E-state index in [9.17, 15) is 4.79 Å². The van der Waals surface area contributed by atoms with Crippen LogP contribution in [0.1, 0.15) is 41.8 Å². The maximum absolute atomic E-state index is 12.6. The highest BCUT2D eigenvalue weighted by Gasteiger charge is 2.31. The van der Waals surface area contributed by atoms with Crippen molar-refractivity contribution >= 4 is 5.91 Å². The molecule has 0 aromatic carbocycles. The van der Waals surface area contributed by atoms with Crippen LogP contribution in [-0.2, 0) is 6.54 Å². The van der Waals surface area contributed by atoms with Crippen LogP contribution in [0.3, 0.4) is 0 Å². The van der Waals surface area contributed by atoms with Gasteiger partial charge in [0.1, 0.15) is 12.0 Å². The molecular formula is C15H23N3O2. The molecule has 2 saturated heterocycles. The van der Waals surface area contributed by atoms with E-state index >= 15 is 0 Å².